The molecule has 1 aromatic rings. The molecule has 1 amide bonds. The van der Waals surface area contributed by atoms with Crippen molar-refractivity contribution in [3.63, 3.8) is 0 Å². The number of carbonyl (C=O) groups excluding carboxylic acids is 1. The Hall–Kier alpha value is -2.12. The molecule has 0 spiro atoms. The van der Waals surface area contributed by atoms with Crippen LogP contribution in [0.15, 0.2) is 9.68 Å². The predicted octanol–water partition coefficient (Wildman–Crippen LogP) is -1.51. The summed E-state index contributed by atoms with van der Waals surface area (Å²) in [7, 11) is 1.26. The molecule has 0 saturated heterocycles. The van der Waals surface area contributed by atoms with E-state index < -0.39 is 5.91 Å². The summed E-state index contributed by atoms with van der Waals surface area (Å²) >= 11 is 0. The average molecular weight is 185 g/mol. The average Bonchev–Trinajstić information content (AvgIpc) is 2.46. The van der Waals surface area contributed by atoms with Crippen molar-refractivity contribution < 1.29 is 14.2 Å². The third kappa shape index (κ3) is 1.92. The van der Waals surface area contributed by atoms with Gasteiger partial charge in [-0.05, 0) is 0 Å². The topological polar surface area (TPSA) is 130 Å². The van der Waals surface area contributed by atoms with E-state index in [1.807, 2.05) is 0 Å². The van der Waals surface area contributed by atoms with Gasteiger partial charge < -0.3 is 20.8 Å². The van der Waals surface area contributed by atoms with Crippen LogP contribution in [0.2, 0.25) is 0 Å². The molecule has 70 valence electrons. The minimum Gasteiger partial charge on any atom is -0.398 e. The van der Waals surface area contributed by atoms with Crippen molar-refractivity contribution in [2.45, 2.75) is 0 Å². The molecule has 1 rings (SSSR count). The second-order valence-corrected chi connectivity index (χ2v) is 1.94. The van der Waals surface area contributed by atoms with E-state index >= 15 is 0 Å². The summed E-state index contributed by atoms with van der Waals surface area (Å²) in [6.07, 6.45) is 0. The van der Waals surface area contributed by atoms with Gasteiger partial charge in [-0.1, -0.05) is 10.3 Å². The molecule has 0 unspecified atom stereocenters. The Balaban J connectivity index is 3.02. The van der Waals surface area contributed by atoms with Crippen molar-refractivity contribution in [1.29, 1.82) is 0 Å². The van der Waals surface area contributed by atoms with Gasteiger partial charge in [0.15, 0.2) is 0 Å². The normalized spacial score (nSPS) is 11.3. The third-order valence-electron chi connectivity index (χ3n) is 1.07. The fourth-order valence-electron chi connectivity index (χ4n) is 0.619. The summed E-state index contributed by atoms with van der Waals surface area (Å²) in [5.41, 5.74) is 9.83. The van der Waals surface area contributed by atoms with Crippen molar-refractivity contribution in [3.05, 3.63) is 5.82 Å². The summed E-state index contributed by atoms with van der Waals surface area (Å²) in [5, 5.41) is 6.64. The first kappa shape index (κ1) is 8.97. The van der Waals surface area contributed by atoms with Crippen LogP contribution in [0.5, 0.6) is 0 Å². The van der Waals surface area contributed by atoms with Crippen LogP contribution >= 0.6 is 0 Å². The Bertz CT molecular complexity index is 344. The van der Waals surface area contributed by atoms with Crippen molar-refractivity contribution in [2.24, 2.45) is 10.9 Å². The van der Waals surface area contributed by atoms with Crippen LogP contribution in [0.1, 0.15) is 5.82 Å². The van der Waals surface area contributed by atoms with Crippen LogP contribution in [0.3, 0.4) is 0 Å². The van der Waals surface area contributed by atoms with E-state index in [4.69, 9.17) is 11.5 Å². The zero-order valence-corrected chi connectivity index (χ0v) is 6.72. The van der Waals surface area contributed by atoms with Crippen LogP contribution in [0.4, 0.5) is 6.01 Å². The summed E-state index contributed by atoms with van der Waals surface area (Å²) in [5.74, 6) is -0.936. The number of amides is 1. The van der Waals surface area contributed by atoms with Gasteiger partial charge in [-0.25, -0.2) is 0 Å². The van der Waals surface area contributed by atoms with Gasteiger partial charge in [-0.15, -0.1) is 0 Å². The van der Waals surface area contributed by atoms with E-state index in [1.165, 1.54) is 7.11 Å². The highest BCUT2D eigenvalue weighted by Gasteiger charge is 2.17. The largest absolute Gasteiger partial charge is 0.398 e. The van der Waals surface area contributed by atoms with E-state index in [2.05, 4.69) is 24.7 Å². The molecule has 8 nitrogen and oxygen atoms in total. The minimum absolute atomic E-state index is 0.105. The second-order valence-electron chi connectivity index (χ2n) is 1.94. The van der Waals surface area contributed by atoms with Crippen LogP contribution in [-0.2, 0) is 9.63 Å². The van der Waals surface area contributed by atoms with Crippen LogP contribution in [0.25, 0.3) is 0 Å². The van der Waals surface area contributed by atoms with Crippen molar-refractivity contribution in [2.75, 3.05) is 12.8 Å². The number of hydrogen-bond donors (Lipinski definition) is 2. The molecular formula is C5H7N5O3. The zero-order chi connectivity index (χ0) is 9.84. The van der Waals surface area contributed by atoms with Gasteiger partial charge in [0.1, 0.15) is 7.11 Å². The predicted molar refractivity (Wildman–Crippen MR) is 41.5 cm³/mol. The second kappa shape index (κ2) is 3.52. The third-order valence-corrected chi connectivity index (χ3v) is 1.07. The monoisotopic (exact) mass is 185 g/mol. The fraction of sp³-hybridized carbons (Fsp3) is 0.200. The molecule has 1 aromatic heterocycles. The number of carbonyl (C=O) groups is 1. The summed E-state index contributed by atoms with van der Waals surface area (Å²) in [4.78, 5) is 18.6. The van der Waals surface area contributed by atoms with Gasteiger partial charge in [0.05, 0.1) is 0 Å². The first-order chi connectivity index (χ1) is 6.15. The van der Waals surface area contributed by atoms with Crippen LogP contribution < -0.4 is 11.5 Å². The first-order valence-electron chi connectivity index (χ1n) is 3.15. The number of rotatable bonds is 3. The van der Waals surface area contributed by atoms with E-state index in [1.54, 1.807) is 0 Å². The molecule has 8 heteroatoms. The molecular weight excluding hydrogens is 178 g/mol. The number of aromatic nitrogens is 2. The first-order valence-corrected chi connectivity index (χ1v) is 3.15. The molecule has 0 aromatic carbocycles. The Morgan fingerprint density at radius 1 is 1.69 bits per heavy atom. The fourth-order valence-corrected chi connectivity index (χ4v) is 0.619. The van der Waals surface area contributed by atoms with Crippen molar-refractivity contribution in [3.8, 4) is 0 Å². The minimum atomic E-state index is -0.831. The molecule has 0 aliphatic rings. The highest BCUT2D eigenvalue weighted by atomic mass is 16.6. The molecule has 0 aliphatic heterocycles. The Morgan fingerprint density at radius 3 is 2.77 bits per heavy atom. The number of nitrogen functional groups attached to an aromatic ring is 1. The van der Waals surface area contributed by atoms with Crippen LogP contribution in [0, 0.1) is 0 Å². The number of primary amides is 1. The SMILES string of the molecule is CO/N=C(/C(N)=O)c1noc(N)n1. The molecule has 1 heterocycles. The number of oxime groups is 1. The molecule has 0 aliphatic carbocycles. The summed E-state index contributed by atoms with van der Waals surface area (Å²) in [6.45, 7) is 0. The lowest BCUT2D eigenvalue weighted by atomic mass is 10.3. The van der Waals surface area contributed by atoms with Gasteiger partial charge in [-0.2, -0.15) is 4.98 Å². The maximum absolute atomic E-state index is 10.7. The van der Waals surface area contributed by atoms with E-state index in [9.17, 15) is 4.79 Å². The van der Waals surface area contributed by atoms with Gasteiger partial charge in [0.25, 0.3) is 5.91 Å². The van der Waals surface area contributed by atoms with E-state index in [0.717, 1.165) is 0 Å². The van der Waals surface area contributed by atoms with Gasteiger partial charge in [-0.3, -0.25) is 4.79 Å². The van der Waals surface area contributed by atoms with Crippen molar-refractivity contribution >= 4 is 17.6 Å². The summed E-state index contributed by atoms with van der Waals surface area (Å²) in [6, 6.07) is -0.181. The lowest BCUT2D eigenvalue weighted by molar-refractivity contribution is -0.112. The highest BCUT2D eigenvalue weighted by molar-refractivity contribution is 6.43. The molecule has 0 atom stereocenters. The Kier molecular flexibility index (Phi) is 2.43. The van der Waals surface area contributed by atoms with Gasteiger partial charge >= 0.3 is 6.01 Å². The van der Waals surface area contributed by atoms with E-state index in [0.29, 0.717) is 0 Å². The molecule has 0 radical (unpaired) electrons. The molecule has 13 heavy (non-hydrogen) atoms. The molecule has 0 saturated carbocycles. The molecule has 0 fully saturated rings. The van der Waals surface area contributed by atoms with Gasteiger partial charge in [0, 0.05) is 0 Å². The molecule has 0 bridgehead atoms. The van der Waals surface area contributed by atoms with E-state index in [-0.39, 0.29) is 17.6 Å². The maximum Gasteiger partial charge on any atom is 0.319 e. The van der Waals surface area contributed by atoms with Crippen molar-refractivity contribution in [1.82, 2.24) is 10.1 Å². The summed E-state index contributed by atoms with van der Waals surface area (Å²) < 4.78 is 4.41. The molecule has 4 N–H and O–H groups in total. The number of hydrogen-bond acceptors (Lipinski definition) is 7. The maximum atomic E-state index is 10.7. The number of anilines is 1. The number of nitrogens with zero attached hydrogens (tertiary/aromatic N) is 3. The number of nitrogens with two attached hydrogens (primary N) is 2. The standard InChI is InChI=1S/C5H7N5O3/c1-12-9-2(3(6)11)4-8-5(7)13-10-4/h1H3,(H2,6,11)(H2,7,8,10)/b9-2-. The Morgan fingerprint density at radius 2 is 2.38 bits per heavy atom. The quantitative estimate of drug-likeness (QED) is 0.434. The highest BCUT2D eigenvalue weighted by Crippen LogP contribution is 1.99. The lowest BCUT2D eigenvalue weighted by Gasteiger charge is -1.92. The van der Waals surface area contributed by atoms with Crippen LogP contribution in [-0.4, -0.2) is 28.9 Å². The van der Waals surface area contributed by atoms with Gasteiger partial charge in [0.2, 0.25) is 11.5 Å². The lowest BCUT2D eigenvalue weighted by Crippen LogP contribution is -2.25. The smallest absolute Gasteiger partial charge is 0.319 e. The zero-order valence-electron chi connectivity index (χ0n) is 6.72. The Labute approximate surface area is 72.5 Å².